The summed E-state index contributed by atoms with van der Waals surface area (Å²) in [4.78, 5) is 5.18. The molecule has 0 aromatic carbocycles. The second-order valence-corrected chi connectivity index (χ2v) is 6.98. The minimum atomic E-state index is -0.142. The Bertz CT molecular complexity index is 273. The predicted octanol–water partition coefficient (Wildman–Crippen LogP) is 1.15. The van der Waals surface area contributed by atoms with E-state index in [0.29, 0.717) is 0 Å². The number of aliphatic hydroxyl groups is 1. The number of aliphatic hydroxyl groups excluding tert-OH is 1. The minimum absolute atomic E-state index is 0.142. The summed E-state index contributed by atoms with van der Waals surface area (Å²) < 4.78 is 0. The highest BCUT2D eigenvalue weighted by molar-refractivity contribution is 4.87. The van der Waals surface area contributed by atoms with Crippen LogP contribution >= 0.6 is 0 Å². The second-order valence-electron chi connectivity index (χ2n) is 6.98. The minimum Gasteiger partial charge on any atom is -0.394 e. The molecule has 2 N–H and O–H groups in total. The van der Waals surface area contributed by atoms with Crippen molar-refractivity contribution in [1.29, 1.82) is 0 Å². The van der Waals surface area contributed by atoms with Crippen molar-refractivity contribution in [3.8, 4) is 0 Å². The first-order chi connectivity index (χ1) is 9.65. The lowest BCUT2D eigenvalue weighted by Crippen LogP contribution is -2.55. The highest BCUT2D eigenvalue weighted by atomic mass is 16.3. The molecule has 2 aliphatic heterocycles. The van der Waals surface area contributed by atoms with Gasteiger partial charge in [0, 0.05) is 13.1 Å². The SMILES string of the molecule is CCNC(C)(CO)CN1CCC(CN2CCCC2)CC1. The monoisotopic (exact) mass is 283 g/mol. The maximum Gasteiger partial charge on any atom is 0.0623 e. The van der Waals surface area contributed by atoms with E-state index in [1.54, 1.807) is 0 Å². The van der Waals surface area contributed by atoms with Crippen LogP contribution in [0.2, 0.25) is 0 Å². The molecule has 118 valence electrons. The zero-order chi connectivity index (χ0) is 14.4. The number of piperidine rings is 1. The lowest BCUT2D eigenvalue weighted by molar-refractivity contribution is 0.0904. The van der Waals surface area contributed by atoms with E-state index in [1.807, 2.05) is 0 Å². The standard InChI is InChI=1S/C16H33N3O/c1-3-17-16(2,14-20)13-19-10-6-15(7-11-19)12-18-8-4-5-9-18/h15,17,20H,3-14H2,1-2H3. The molecule has 0 aliphatic carbocycles. The molecule has 2 rings (SSSR count). The first kappa shape index (κ1) is 16.2. The average Bonchev–Trinajstić information content (AvgIpc) is 2.94. The first-order valence-electron chi connectivity index (χ1n) is 8.46. The summed E-state index contributed by atoms with van der Waals surface area (Å²) in [7, 11) is 0. The lowest BCUT2D eigenvalue weighted by atomic mass is 9.94. The molecule has 2 fully saturated rings. The van der Waals surface area contributed by atoms with Crippen LogP contribution in [0.1, 0.15) is 39.5 Å². The summed E-state index contributed by atoms with van der Waals surface area (Å²) in [5.41, 5.74) is -0.142. The smallest absolute Gasteiger partial charge is 0.0623 e. The number of nitrogens with zero attached hydrogens (tertiary/aromatic N) is 2. The van der Waals surface area contributed by atoms with Gasteiger partial charge in [-0.05, 0) is 71.2 Å². The van der Waals surface area contributed by atoms with Crippen LogP contribution in [0.15, 0.2) is 0 Å². The molecule has 2 heterocycles. The van der Waals surface area contributed by atoms with Crippen LogP contribution in [0.25, 0.3) is 0 Å². The Labute approximate surface area is 124 Å². The molecule has 4 nitrogen and oxygen atoms in total. The van der Waals surface area contributed by atoms with Gasteiger partial charge in [0.2, 0.25) is 0 Å². The Kier molecular flexibility index (Phi) is 6.27. The fourth-order valence-electron chi connectivity index (χ4n) is 3.74. The Morgan fingerprint density at radius 1 is 1.10 bits per heavy atom. The van der Waals surface area contributed by atoms with Crippen LogP contribution < -0.4 is 5.32 Å². The van der Waals surface area contributed by atoms with Gasteiger partial charge >= 0.3 is 0 Å². The molecule has 1 atom stereocenters. The fraction of sp³-hybridized carbons (Fsp3) is 1.00. The van der Waals surface area contributed by atoms with Gasteiger partial charge in [-0.1, -0.05) is 6.92 Å². The summed E-state index contributed by atoms with van der Waals surface area (Å²) in [6.45, 7) is 12.7. The average molecular weight is 283 g/mol. The number of hydrogen-bond donors (Lipinski definition) is 2. The summed E-state index contributed by atoms with van der Waals surface area (Å²) in [6.07, 6.45) is 5.45. The normalized spacial score (nSPS) is 25.9. The summed E-state index contributed by atoms with van der Waals surface area (Å²) in [5, 5.41) is 13.0. The van der Waals surface area contributed by atoms with Crippen LogP contribution in [0.5, 0.6) is 0 Å². The number of hydrogen-bond acceptors (Lipinski definition) is 4. The molecule has 0 radical (unpaired) electrons. The van der Waals surface area contributed by atoms with E-state index in [-0.39, 0.29) is 12.1 Å². The van der Waals surface area contributed by atoms with Crippen LogP contribution in [-0.2, 0) is 0 Å². The Balaban J connectivity index is 1.70. The van der Waals surface area contributed by atoms with Crippen LogP contribution in [-0.4, -0.2) is 72.9 Å². The molecule has 2 saturated heterocycles. The molecule has 4 heteroatoms. The number of likely N-dealkylation sites (N-methyl/N-ethyl adjacent to an activating group) is 1. The van der Waals surface area contributed by atoms with Gasteiger partial charge in [-0.25, -0.2) is 0 Å². The third-order valence-corrected chi connectivity index (χ3v) is 4.95. The predicted molar refractivity (Wildman–Crippen MR) is 84.0 cm³/mol. The van der Waals surface area contributed by atoms with Gasteiger partial charge in [-0.2, -0.15) is 0 Å². The Morgan fingerprint density at radius 3 is 2.30 bits per heavy atom. The van der Waals surface area contributed by atoms with Gasteiger partial charge in [0.05, 0.1) is 12.1 Å². The van der Waals surface area contributed by atoms with Gasteiger partial charge in [0.1, 0.15) is 0 Å². The molecule has 2 aliphatic rings. The third-order valence-electron chi connectivity index (χ3n) is 4.95. The van der Waals surface area contributed by atoms with E-state index in [4.69, 9.17) is 0 Å². The number of likely N-dealkylation sites (tertiary alicyclic amines) is 2. The molecular weight excluding hydrogens is 250 g/mol. The summed E-state index contributed by atoms with van der Waals surface area (Å²) in [6, 6.07) is 0. The van der Waals surface area contributed by atoms with E-state index in [0.717, 1.165) is 19.0 Å². The van der Waals surface area contributed by atoms with Crippen molar-refractivity contribution in [3.05, 3.63) is 0 Å². The van der Waals surface area contributed by atoms with Crippen LogP contribution in [0.4, 0.5) is 0 Å². The van der Waals surface area contributed by atoms with E-state index < -0.39 is 0 Å². The molecule has 0 amide bonds. The van der Waals surface area contributed by atoms with E-state index in [2.05, 4.69) is 29.0 Å². The van der Waals surface area contributed by atoms with Crippen molar-refractivity contribution < 1.29 is 5.11 Å². The summed E-state index contributed by atoms with van der Waals surface area (Å²) >= 11 is 0. The largest absolute Gasteiger partial charge is 0.394 e. The van der Waals surface area contributed by atoms with Crippen molar-refractivity contribution in [2.45, 2.75) is 45.1 Å². The lowest BCUT2D eigenvalue weighted by Gasteiger charge is -2.39. The molecule has 0 spiro atoms. The maximum absolute atomic E-state index is 9.59. The first-order valence-corrected chi connectivity index (χ1v) is 8.46. The quantitative estimate of drug-likeness (QED) is 0.735. The zero-order valence-corrected chi connectivity index (χ0v) is 13.4. The highest BCUT2D eigenvalue weighted by Crippen LogP contribution is 2.21. The number of nitrogens with one attached hydrogen (secondary N) is 1. The van der Waals surface area contributed by atoms with Crippen molar-refractivity contribution in [3.63, 3.8) is 0 Å². The van der Waals surface area contributed by atoms with E-state index in [9.17, 15) is 5.11 Å². The van der Waals surface area contributed by atoms with Gasteiger partial charge in [-0.3, -0.25) is 0 Å². The molecular formula is C16H33N3O. The molecule has 0 aromatic rings. The van der Waals surface area contributed by atoms with Crippen molar-refractivity contribution in [2.75, 3.05) is 52.4 Å². The molecule has 0 aromatic heterocycles. The Morgan fingerprint density at radius 2 is 1.75 bits per heavy atom. The maximum atomic E-state index is 9.59. The fourth-order valence-corrected chi connectivity index (χ4v) is 3.74. The third kappa shape index (κ3) is 4.69. The Hall–Kier alpha value is -0.160. The van der Waals surface area contributed by atoms with Crippen molar-refractivity contribution >= 4 is 0 Å². The van der Waals surface area contributed by atoms with Gasteiger partial charge in [-0.15, -0.1) is 0 Å². The molecule has 1 unspecified atom stereocenters. The van der Waals surface area contributed by atoms with E-state index >= 15 is 0 Å². The molecule has 0 saturated carbocycles. The highest BCUT2D eigenvalue weighted by Gasteiger charge is 2.28. The molecule has 20 heavy (non-hydrogen) atoms. The van der Waals surface area contributed by atoms with Gasteiger partial charge in [0.25, 0.3) is 0 Å². The van der Waals surface area contributed by atoms with Gasteiger partial charge in [0.15, 0.2) is 0 Å². The second kappa shape index (κ2) is 7.74. The van der Waals surface area contributed by atoms with Crippen LogP contribution in [0, 0.1) is 5.92 Å². The van der Waals surface area contributed by atoms with Crippen molar-refractivity contribution in [1.82, 2.24) is 15.1 Å². The zero-order valence-electron chi connectivity index (χ0n) is 13.4. The summed E-state index contributed by atoms with van der Waals surface area (Å²) in [5.74, 6) is 0.892. The number of rotatable bonds is 7. The van der Waals surface area contributed by atoms with Crippen molar-refractivity contribution in [2.24, 2.45) is 5.92 Å². The van der Waals surface area contributed by atoms with E-state index in [1.165, 1.54) is 58.4 Å². The van der Waals surface area contributed by atoms with Gasteiger partial charge < -0.3 is 20.2 Å². The topological polar surface area (TPSA) is 38.7 Å². The van der Waals surface area contributed by atoms with Crippen LogP contribution in [0.3, 0.4) is 0 Å². The molecule has 0 bridgehead atoms.